The average Bonchev–Trinajstić information content (AvgIpc) is 3.14. The first-order valence-electron chi connectivity index (χ1n) is 7.41. The zero-order valence-electron chi connectivity index (χ0n) is 12.0. The van der Waals surface area contributed by atoms with Crippen molar-refractivity contribution in [2.45, 2.75) is 44.0 Å². The average molecular weight is 304 g/mol. The topological polar surface area (TPSA) is 96.4 Å². The number of fused-ring (bicyclic) bond motifs is 4. The van der Waals surface area contributed by atoms with E-state index >= 15 is 0 Å². The van der Waals surface area contributed by atoms with Gasteiger partial charge in [0.2, 0.25) is 0 Å². The number of esters is 1. The molecule has 0 saturated carbocycles. The van der Waals surface area contributed by atoms with E-state index < -0.39 is 18.0 Å². The van der Waals surface area contributed by atoms with Crippen molar-refractivity contribution >= 4 is 11.8 Å². The summed E-state index contributed by atoms with van der Waals surface area (Å²) in [6.07, 6.45) is 0.349. The molecule has 2 N–H and O–H groups in total. The van der Waals surface area contributed by atoms with Gasteiger partial charge in [0.15, 0.2) is 5.78 Å². The molecule has 2 saturated heterocycles. The van der Waals surface area contributed by atoms with E-state index in [1.807, 2.05) is 6.92 Å². The molecule has 116 valence electrons. The highest BCUT2D eigenvalue weighted by Gasteiger charge is 2.53. The van der Waals surface area contributed by atoms with E-state index in [4.69, 9.17) is 9.47 Å². The Morgan fingerprint density at radius 2 is 1.95 bits per heavy atom. The van der Waals surface area contributed by atoms with Crippen molar-refractivity contribution in [2.24, 2.45) is 5.92 Å². The van der Waals surface area contributed by atoms with Crippen molar-refractivity contribution in [1.29, 1.82) is 0 Å². The van der Waals surface area contributed by atoms with Gasteiger partial charge in [-0.15, -0.1) is 0 Å². The molecule has 2 heterocycles. The molecule has 2 aliphatic heterocycles. The summed E-state index contributed by atoms with van der Waals surface area (Å²) in [5.74, 6) is -1.92. The quantitative estimate of drug-likeness (QED) is 0.557. The number of Topliss-reactive ketones (excluding diaryl/α,β-unsaturated/α-hetero) is 1. The predicted octanol–water partition coefficient (Wildman–Crippen LogP) is 1.49. The van der Waals surface area contributed by atoms with Gasteiger partial charge in [-0.2, -0.15) is 0 Å². The molecular weight excluding hydrogens is 288 g/mol. The van der Waals surface area contributed by atoms with Crippen LogP contribution in [0.1, 0.15) is 41.6 Å². The lowest BCUT2D eigenvalue weighted by Crippen LogP contribution is -2.38. The van der Waals surface area contributed by atoms with Crippen LogP contribution in [0.2, 0.25) is 0 Å². The van der Waals surface area contributed by atoms with Gasteiger partial charge in [0.1, 0.15) is 17.6 Å². The molecule has 22 heavy (non-hydrogen) atoms. The van der Waals surface area contributed by atoms with E-state index in [1.165, 1.54) is 6.07 Å². The van der Waals surface area contributed by atoms with Gasteiger partial charge < -0.3 is 19.7 Å². The fraction of sp³-hybridized carbons (Fsp3) is 0.500. The Balaban J connectivity index is 1.91. The van der Waals surface area contributed by atoms with Crippen LogP contribution in [0.15, 0.2) is 12.1 Å². The maximum atomic E-state index is 12.5. The summed E-state index contributed by atoms with van der Waals surface area (Å²) in [6, 6.07) is 2.49. The van der Waals surface area contributed by atoms with Crippen LogP contribution in [0, 0.1) is 5.92 Å². The lowest BCUT2D eigenvalue weighted by molar-refractivity contribution is -0.158. The van der Waals surface area contributed by atoms with Gasteiger partial charge in [-0.05, 0) is 37.3 Å². The van der Waals surface area contributed by atoms with Crippen molar-refractivity contribution < 1.29 is 29.3 Å². The number of rotatable bonds is 0. The Labute approximate surface area is 126 Å². The second-order valence-corrected chi connectivity index (χ2v) is 6.35. The standard InChI is InChI=1S/C16H16O6/c1-6-2-7-3-11-15(22-11)14(19)13-9(12(7)16(20)21-6)4-8(17)5-10(13)18/h4-7,11-12,15,17-18H,2-3H2,1H3. The number of carbonyl (C=O) groups excluding carboxylic acids is 2. The van der Waals surface area contributed by atoms with Crippen molar-refractivity contribution in [2.75, 3.05) is 0 Å². The molecule has 1 aromatic rings. The first-order valence-corrected chi connectivity index (χ1v) is 7.41. The number of hydrogen-bond acceptors (Lipinski definition) is 6. The zero-order valence-corrected chi connectivity index (χ0v) is 12.0. The second kappa shape index (κ2) is 4.46. The van der Waals surface area contributed by atoms with Gasteiger partial charge in [-0.1, -0.05) is 0 Å². The smallest absolute Gasteiger partial charge is 0.313 e. The van der Waals surface area contributed by atoms with E-state index in [-0.39, 0.29) is 41.0 Å². The van der Waals surface area contributed by atoms with Gasteiger partial charge in [0.25, 0.3) is 0 Å². The van der Waals surface area contributed by atoms with E-state index in [9.17, 15) is 19.8 Å². The molecule has 0 spiro atoms. The van der Waals surface area contributed by atoms with Crippen LogP contribution in [-0.2, 0) is 14.3 Å². The fourth-order valence-corrected chi connectivity index (χ4v) is 3.83. The van der Waals surface area contributed by atoms with Crippen molar-refractivity contribution in [1.82, 2.24) is 0 Å². The maximum absolute atomic E-state index is 12.5. The minimum Gasteiger partial charge on any atom is -0.508 e. The summed E-state index contributed by atoms with van der Waals surface area (Å²) in [4.78, 5) is 24.9. The number of ether oxygens (including phenoxy) is 2. The number of epoxide rings is 1. The molecule has 0 bridgehead atoms. The van der Waals surface area contributed by atoms with Gasteiger partial charge in [-0.3, -0.25) is 9.59 Å². The second-order valence-electron chi connectivity index (χ2n) is 6.35. The van der Waals surface area contributed by atoms with Crippen LogP contribution >= 0.6 is 0 Å². The van der Waals surface area contributed by atoms with Crippen molar-refractivity contribution in [3.63, 3.8) is 0 Å². The summed E-state index contributed by atoms with van der Waals surface area (Å²) < 4.78 is 10.8. The number of aromatic hydroxyl groups is 2. The van der Waals surface area contributed by atoms with Crippen LogP contribution in [0.3, 0.4) is 0 Å². The molecule has 4 rings (SSSR count). The Morgan fingerprint density at radius 3 is 2.73 bits per heavy atom. The van der Waals surface area contributed by atoms with Crippen LogP contribution in [0.25, 0.3) is 0 Å². The molecule has 6 nitrogen and oxygen atoms in total. The third-order valence-corrected chi connectivity index (χ3v) is 4.77. The SMILES string of the molecule is CC1CC2CC3OC3C(=O)c3c(O)cc(O)cc3C2C(=O)O1. The lowest BCUT2D eigenvalue weighted by Gasteiger charge is -2.35. The van der Waals surface area contributed by atoms with E-state index in [0.29, 0.717) is 18.4 Å². The largest absolute Gasteiger partial charge is 0.508 e. The summed E-state index contributed by atoms with van der Waals surface area (Å²) in [6.45, 7) is 1.84. The molecule has 1 aliphatic carbocycles. The third-order valence-electron chi connectivity index (χ3n) is 4.77. The molecule has 1 aromatic carbocycles. The van der Waals surface area contributed by atoms with Crippen LogP contribution < -0.4 is 0 Å². The summed E-state index contributed by atoms with van der Waals surface area (Å²) in [5.41, 5.74) is 0.421. The highest BCUT2D eigenvalue weighted by atomic mass is 16.6. The number of phenols is 2. The minimum absolute atomic E-state index is 0.0284. The molecule has 0 radical (unpaired) electrons. The van der Waals surface area contributed by atoms with Gasteiger partial charge in [0.05, 0.1) is 23.7 Å². The Kier molecular flexibility index (Phi) is 2.75. The Bertz CT molecular complexity index is 681. The van der Waals surface area contributed by atoms with Gasteiger partial charge >= 0.3 is 5.97 Å². The summed E-state index contributed by atoms with van der Waals surface area (Å²) in [5, 5.41) is 19.9. The third kappa shape index (κ3) is 1.90. The van der Waals surface area contributed by atoms with Crippen molar-refractivity contribution in [3.05, 3.63) is 23.3 Å². The molecule has 6 heteroatoms. The summed E-state index contributed by atoms with van der Waals surface area (Å²) >= 11 is 0. The molecule has 5 atom stereocenters. The molecule has 0 aromatic heterocycles. The number of phenolic OH excluding ortho intramolecular Hbond substituents is 2. The van der Waals surface area contributed by atoms with Crippen molar-refractivity contribution in [3.8, 4) is 11.5 Å². The van der Waals surface area contributed by atoms with E-state index in [2.05, 4.69) is 0 Å². The van der Waals surface area contributed by atoms with E-state index in [1.54, 1.807) is 0 Å². The van der Waals surface area contributed by atoms with Gasteiger partial charge in [-0.25, -0.2) is 0 Å². The normalized spacial score (nSPS) is 36.3. The number of ketones is 1. The Hall–Kier alpha value is -2.08. The number of cyclic esters (lactones) is 1. The predicted molar refractivity (Wildman–Crippen MR) is 73.8 cm³/mol. The maximum Gasteiger partial charge on any atom is 0.313 e. The monoisotopic (exact) mass is 304 g/mol. The molecule has 2 fully saturated rings. The first kappa shape index (κ1) is 13.6. The zero-order chi connectivity index (χ0) is 15.6. The van der Waals surface area contributed by atoms with Crippen LogP contribution in [0.4, 0.5) is 0 Å². The number of carbonyl (C=O) groups is 2. The molecule has 0 amide bonds. The van der Waals surface area contributed by atoms with Crippen LogP contribution in [-0.4, -0.2) is 40.3 Å². The highest BCUT2D eigenvalue weighted by molar-refractivity contribution is 6.06. The van der Waals surface area contributed by atoms with Gasteiger partial charge in [0, 0.05) is 6.07 Å². The molecular formula is C16H16O6. The lowest BCUT2D eigenvalue weighted by atomic mass is 9.74. The highest BCUT2D eigenvalue weighted by Crippen LogP contribution is 2.48. The Morgan fingerprint density at radius 1 is 1.18 bits per heavy atom. The molecule has 5 unspecified atom stereocenters. The summed E-state index contributed by atoms with van der Waals surface area (Å²) in [7, 11) is 0. The molecule has 3 aliphatic rings. The number of benzene rings is 1. The number of hydrogen-bond donors (Lipinski definition) is 2. The van der Waals surface area contributed by atoms with Crippen LogP contribution in [0.5, 0.6) is 11.5 Å². The minimum atomic E-state index is -0.654. The van der Waals surface area contributed by atoms with E-state index in [0.717, 1.165) is 6.07 Å². The first-order chi connectivity index (χ1) is 10.5. The fourth-order valence-electron chi connectivity index (χ4n) is 3.83.